The monoisotopic (exact) mass is 291 g/mol. The van der Waals surface area contributed by atoms with Gasteiger partial charge in [-0.15, -0.1) is 0 Å². The summed E-state index contributed by atoms with van der Waals surface area (Å²) in [7, 11) is 0. The molecule has 16 heavy (non-hydrogen) atoms. The van der Waals surface area contributed by atoms with Crippen LogP contribution in [0.25, 0.3) is 0 Å². The van der Waals surface area contributed by atoms with Crippen molar-refractivity contribution in [2.75, 3.05) is 6.54 Å². The van der Waals surface area contributed by atoms with Crippen LogP contribution in [0.2, 0.25) is 0 Å². The van der Waals surface area contributed by atoms with Gasteiger partial charge in [0.05, 0.1) is 10.0 Å². The molecule has 0 fully saturated rings. The zero-order valence-electron chi connectivity index (χ0n) is 8.60. The molecule has 0 aliphatic rings. The van der Waals surface area contributed by atoms with E-state index < -0.39 is 23.0 Å². The molecule has 0 unspecified atom stereocenters. The maximum atomic E-state index is 13.5. The molecule has 2 nitrogen and oxygen atoms in total. The van der Waals surface area contributed by atoms with Crippen molar-refractivity contribution in [2.24, 2.45) is 5.73 Å². The van der Waals surface area contributed by atoms with Gasteiger partial charge in [0.1, 0.15) is 5.82 Å². The van der Waals surface area contributed by atoms with Crippen LogP contribution in [0.15, 0.2) is 16.6 Å². The number of benzene rings is 1. The van der Waals surface area contributed by atoms with Gasteiger partial charge in [-0.25, -0.2) is 8.78 Å². The molecule has 88 valence electrons. The Morgan fingerprint density at radius 1 is 1.31 bits per heavy atom. The molecular weight excluding hydrogens is 280 g/mol. The van der Waals surface area contributed by atoms with E-state index in [1.807, 2.05) is 0 Å². The average Bonchev–Trinajstić information content (AvgIpc) is 2.24. The number of carbonyl (C=O) groups excluding carboxylic acids is 1. The number of Topliss-reactive ketones (excluding diaryl/α,β-unsaturated/α-hetero) is 1. The van der Waals surface area contributed by atoms with Gasteiger partial charge < -0.3 is 5.73 Å². The first-order valence-corrected chi connectivity index (χ1v) is 5.74. The van der Waals surface area contributed by atoms with Gasteiger partial charge in [-0.05, 0) is 47.4 Å². The number of halogens is 3. The summed E-state index contributed by atoms with van der Waals surface area (Å²) >= 11 is 2.92. The standard InChI is InChI=1S/C11H12BrF2NO/c12-7-4-5-8(13)10(11(7)14)9(16)3-1-2-6-15/h4-5H,1-3,6,15H2. The van der Waals surface area contributed by atoms with Crippen LogP contribution in [-0.2, 0) is 0 Å². The lowest BCUT2D eigenvalue weighted by Crippen LogP contribution is -2.07. The van der Waals surface area contributed by atoms with Gasteiger partial charge in [0.25, 0.3) is 0 Å². The highest BCUT2D eigenvalue weighted by Crippen LogP contribution is 2.23. The average molecular weight is 292 g/mol. The summed E-state index contributed by atoms with van der Waals surface area (Å²) < 4.78 is 26.9. The summed E-state index contributed by atoms with van der Waals surface area (Å²) in [6.07, 6.45) is 1.32. The fraction of sp³-hybridized carbons (Fsp3) is 0.364. The van der Waals surface area contributed by atoms with E-state index in [0.29, 0.717) is 19.4 Å². The van der Waals surface area contributed by atoms with Crippen LogP contribution in [-0.4, -0.2) is 12.3 Å². The second-order valence-corrected chi connectivity index (χ2v) is 4.24. The molecule has 0 heterocycles. The second-order valence-electron chi connectivity index (χ2n) is 3.39. The van der Waals surface area contributed by atoms with Gasteiger partial charge in [-0.3, -0.25) is 4.79 Å². The zero-order valence-corrected chi connectivity index (χ0v) is 10.2. The quantitative estimate of drug-likeness (QED) is 0.515. The third kappa shape index (κ3) is 3.09. The molecule has 1 rings (SSSR count). The van der Waals surface area contributed by atoms with Crippen LogP contribution in [0.4, 0.5) is 8.78 Å². The predicted molar refractivity (Wildman–Crippen MR) is 61.3 cm³/mol. The molecule has 2 N–H and O–H groups in total. The van der Waals surface area contributed by atoms with E-state index in [1.165, 1.54) is 6.07 Å². The number of hydrogen-bond acceptors (Lipinski definition) is 2. The number of hydrogen-bond donors (Lipinski definition) is 1. The van der Waals surface area contributed by atoms with E-state index in [1.54, 1.807) is 0 Å². The Labute approximate surface area is 101 Å². The molecule has 0 spiro atoms. The SMILES string of the molecule is NCCCCC(=O)c1c(F)ccc(Br)c1F. The molecule has 0 saturated heterocycles. The van der Waals surface area contributed by atoms with Gasteiger partial charge >= 0.3 is 0 Å². The lowest BCUT2D eigenvalue weighted by Gasteiger charge is -2.05. The summed E-state index contributed by atoms with van der Waals surface area (Å²) in [4.78, 5) is 11.6. The second kappa shape index (κ2) is 6.06. The number of rotatable bonds is 5. The highest BCUT2D eigenvalue weighted by molar-refractivity contribution is 9.10. The molecule has 1 aromatic rings. The molecule has 1 aromatic carbocycles. The molecule has 0 amide bonds. The molecule has 0 radical (unpaired) electrons. The smallest absolute Gasteiger partial charge is 0.168 e. The summed E-state index contributed by atoms with van der Waals surface area (Å²) in [6, 6.07) is 2.31. The van der Waals surface area contributed by atoms with Crippen molar-refractivity contribution in [1.29, 1.82) is 0 Å². The van der Waals surface area contributed by atoms with E-state index in [9.17, 15) is 13.6 Å². The predicted octanol–water partition coefficient (Wildman–Crippen LogP) is 3.04. The molecule has 0 aromatic heterocycles. The third-order valence-electron chi connectivity index (χ3n) is 2.18. The van der Waals surface area contributed by atoms with Crippen LogP contribution >= 0.6 is 15.9 Å². The van der Waals surface area contributed by atoms with Crippen molar-refractivity contribution in [3.05, 3.63) is 33.8 Å². The molecule has 0 aliphatic heterocycles. The first-order valence-electron chi connectivity index (χ1n) is 4.94. The molecule has 5 heteroatoms. The highest BCUT2D eigenvalue weighted by atomic mass is 79.9. The van der Waals surface area contributed by atoms with Crippen LogP contribution in [0, 0.1) is 11.6 Å². The summed E-state index contributed by atoms with van der Waals surface area (Å²) in [6.45, 7) is 0.469. The van der Waals surface area contributed by atoms with E-state index in [4.69, 9.17) is 5.73 Å². The van der Waals surface area contributed by atoms with Crippen molar-refractivity contribution in [2.45, 2.75) is 19.3 Å². The lowest BCUT2D eigenvalue weighted by molar-refractivity contribution is 0.0971. The lowest BCUT2D eigenvalue weighted by atomic mass is 10.0. The maximum Gasteiger partial charge on any atom is 0.168 e. The first-order chi connectivity index (χ1) is 7.57. The van der Waals surface area contributed by atoms with Gasteiger partial charge in [0.15, 0.2) is 11.6 Å². The summed E-state index contributed by atoms with van der Waals surface area (Å²) in [5, 5.41) is 0. The molecule has 0 saturated carbocycles. The van der Waals surface area contributed by atoms with Gasteiger partial charge in [-0.1, -0.05) is 0 Å². The first kappa shape index (κ1) is 13.3. The minimum Gasteiger partial charge on any atom is -0.330 e. The largest absolute Gasteiger partial charge is 0.330 e. The molecule has 0 atom stereocenters. The normalized spacial score (nSPS) is 10.5. The van der Waals surface area contributed by atoms with Crippen LogP contribution < -0.4 is 5.73 Å². The van der Waals surface area contributed by atoms with Crippen LogP contribution in [0.3, 0.4) is 0 Å². The highest BCUT2D eigenvalue weighted by Gasteiger charge is 2.18. The topological polar surface area (TPSA) is 43.1 Å². The number of unbranched alkanes of at least 4 members (excludes halogenated alkanes) is 1. The Morgan fingerprint density at radius 3 is 2.62 bits per heavy atom. The fourth-order valence-corrected chi connectivity index (χ4v) is 1.67. The Hall–Kier alpha value is -0.810. The number of ketones is 1. The van der Waals surface area contributed by atoms with Crippen molar-refractivity contribution in [1.82, 2.24) is 0 Å². The van der Waals surface area contributed by atoms with Gasteiger partial charge in [-0.2, -0.15) is 0 Å². The summed E-state index contributed by atoms with van der Waals surface area (Å²) in [5.41, 5.74) is 4.80. The van der Waals surface area contributed by atoms with E-state index >= 15 is 0 Å². The molecular formula is C11H12BrF2NO. The number of carbonyl (C=O) groups is 1. The number of nitrogens with two attached hydrogens (primary N) is 1. The Bertz CT molecular complexity index is 396. The Balaban J connectivity index is 2.86. The minimum absolute atomic E-state index is 0.0936. The fourth-order valence-electron chi connectivity index (χ4n) is 1.34. The van der Waals surface area contributed by atoms with Crippen molar-refractivity contribution in [3.63, 3.8) is 0 Å². The van der Waals surface area contributed by atoms with Gasteiger partial charge in [0, 0.05) is 6.42 Å². The van der Waals surface area contributed by atoms with E-state index in [-0.39, 0.29) is 10.9 Å². The third-order valence-corrected chi connectivity index (χ3v) is 2.79. The Kier molecular flexibility index (Phi) is 5.02. The van der Waals surface area contributed by atoms with E-state index in [0.717, 1.165) is 6.07 Å². The van der Waals surface area contributed by atoms with Crippen LogP contribution in [0.5, 0.6) is 0 Å². The molecule has 0 aliphatic carbocycles. The van der Waals surface area contributed by atoms with Crippen molar-refractivity contribution >= 4 is 21.7 Å². The summed E-state index contributed by atoms with van der Waals surface area (Å²) in [5.74, 6) is -2.18. The minimum atomic E-state index is -0.835. The molecule has 0 bridgehead atoms. The van der Waals surface area contributed by atoms with E-state index in [2.05, 4.69) is 15.9 Å². The zero-order chi connectivity index (χ0) is 12.1. The van der Waals surface area contributed by atoms with Crippen molar-refractivity contribution < 1.29 is 13.6 Å². The van der Waals surface area contributed by atoms with Crippen LogP contribution in [0.1, 0.15) is 29.6 Å². The van der Waals surface area contributed by atoms with Crippen molar-refractivity contribution in [3.8, 4) is 0 Å². The van der Waals surface area contributed by atoms with Gasteiger partial charge in [0.2, 0.25) is 0 Å². The maximum absolute atomic E-state index is 13.5. The Morgan fingerprint density at radius 2 is 2.00 bits per heavy atom.